The molecular formula is C19H19ClN2O5. The van der Waals surface area contributed by atoms with Gasteiger partial charge in [-0.3, -0.25) is 9.59 Å². The number of ether oxygens (including phenoxy) is 1. The predicted octanol–water partition coefficient (Wildman–Crippen LogP) is 3.00. The van der Waals surface area contributed by atoms with Gasteiger partial charge in [-0.15, -0.1) is 0 Å². The van der Waals surface area contributed by atoms with Gasteiger partial charge in [0.05, 0.1) is 18.5 Å². The van der Waals surface area contributed by atoms with Gasteiger partial charge in [-0.1, -0.05) is 16.8 Å². The van der Waals surface area contributed by atoms with Gasteiger partial charge in [0.2, 0.25) is 6.61 Å². The predicted molar refractivity (Wildman–Crippen MR) is 99.6 cm³/mol. The van der Waals surface area contributed by atoms with Crippen LogP contribution >= 0.6 is 11.6 Å². The van der Waals surface area contributed by atoms with Crippen LogP contribution in [-0.2, 0) is 24.0 Å². The maximum absolute atomic E-state index is 12.7. The van der Waals surface area contributed by atoms with Crippen molar-refractivity contribution >= 4 is 40.8 Å². The van der Waals surface area contributed by atoms with Gasteiger partial charge in [-0.2, -0.15) is 0 Å². The van der Waals surface area contributed by atoms with Gasteiger partial charge in [0.25, 0.3) is 11.8 Å². The molecule has 3 rings (SSSR count). The summed E-state index contributed by atoms with van der Waals surface area (Å²) in [7, 11) is 1.25. The molecule has 27 heavy (non-hydrogen) atoms. The van der Waals surface area contributed by atoms with Crippen LogP contribution in [0.5, 0.6) is 0 Å². The van der Waals surface area contributed by atoms with E-state index in [9.17, 15) is 14.4 Å². The largest absolute Gasteiger partial charge is 0.466 e. The van der Waals surface area contributed by atoms with Gasteiger partial charge >= 0.3 is 5.97 Å². The highest BCUT2D eigenvalue weighted by molar-refractivity contribution is 6.35. The first kappa shape index (κ1) is 19.1. The standard InChI is InChI=1S/C19H19ClN2O5/c1-11(21-27-10-17(23)26-2)15-9-12(7-8-16(15)20)22-18(24)13-5-3-4-6-14(13)19(22)25/h7-9H,3-6,10H2,1-2H3/b21-11-. The number of hydrogen-bond acceptors (Lipinski definition) is 6. The Bertz CT molecular complexity index is 847. The summed E-state index contributed by atoms with van der Waals surface area (Å²) < 4.78 is 4.47. The Morgan fingerprint density at radius 2 is 1.81 bits per heavy atom. The highest BCUT2D eigenvalue weighted by atomic mass is 35.5. The lowest BCUT2D eigenvalue weighted by Gasteiger charge is -2.17. The Kier molecular flexibility index (Phi) is 5.60. The maximum atomic E-state index is 12.7. The molecule has 1 aliphatic carbocycles. The zero-order valence-corrected chi connectivity index (χ0v) is 15.8. The van der Waals surface area contributed by atoms with Crippen LogP contribution in [0.4, 0.5) is 5.69 Å². The minimum Gasteiger partial charge on any atom is -0.466 e. The summed E-state index contributed by atoms with van der Waals surface area (Å²) in [6.45, 7) is 1.32. The minimum absolute atomic E-state index is 0.264. The van der Waals surface area contributed by atoms with Crippen molar-refractivity contribution in [1.82, 2.24) is 0 Å². The summed E-state index contributed by atoms with van der Waals surface area (Å²) in [5.41, 5.74) is 2.58. The smallest absolute Gasteiger partial charge is 0.346 e. The Morgan fingerprint density at radius 1 is 1.19 bits per heavy atom. The van der Waals surface area contributed by atoms with Crippen molar-refractivity contribution in [1.29, 1.82) is 0 Å². The van der Waals surface area contributed by atoms with Gasteiger partial charge < -0.3 is 9.57 Å². The fourth-order valence-electron chi connectivity index (χ4n) is 3.19. The van der Waals surface area contributed by atoms with Crippen molar-refractivity contribution in [3.05, 3.63) is 39.9 Å². The van der Waals surface area contributed by atoms with E-state index in [0.29, 0.717) is 46.0 Å². The van der Waals surface area contributed by atoms with Crippen LogP contribution in [0.1, 0.15) is 38.2 Å². The van der Waals surface area contributed by atoms with Gasteiger partial charge in [0, 0.05) is 21.7 Å². The zero-order chi connectivity index (χ0) is 19.6. The van der Waals surface area contributed by atoms with Crippen molar-refractivity contribution in [3.63, 3.8) is 0 Å². The SMILES string of the molecule is COC(=O)CO/N=C(/C)c1cc(N2C(=O)C3=C(CCCC3)C2=O)ccc1Cl. The van der Waals surface area contributed by atoms with E-state index in [0.717, 1.165) is 12.8 Å². The number of oxime groups is 1. The zero-order valence-electron chi connectivity index (χ0n) is 15.1. The number of carbonyl (C=O) groups is 3. The molecule has 1 aromatic rings. The molecule has 0 atom stereocenters. The number of carbonyl (C=O) groups excluding carboxylic acids is 3. The van der Waals surface area contributed by atoms with E-state index in [1.54, 1.807) is 25.1 Å². The van der Waals surface area contributed by atoms with Crippen LogP contribution in [0, 0.1) is 0 Å². The monoisotopic (exact) mass is 390 g/mol. The van der Waals surface area contributed by atoms with E-state index in [1.165, 1.54) is 12.0 Å². The van der Waals surface area contributed by atoms with Crippen LogP contribution in [0.3, 0.4) is 0 Å². The van der Waals surface area contributed by atoms with Crippen molar-refractivity contribution in [2.24, 2.45) is 5.16 Å². The molecule has 0 fully saturated rings. The van der Waals surface area contributed by atoms with Crippen LogP contribution in [0.25, 0.3) is 0 Å². The van der Waals surface area contributed by atoms with Gasteiger partial charge in [0.15, 0.2) is 0 Å². The summed E-state index contributed by atoms with van der Waals surface area (Å²) in [6, 6.07) is 4.85. The quantitative estimate of drug-likeness (QED) is 0.334. The van der Waals surface area contributed by atoms with E-state index in [-0.39, 0.29) is 18.4 Å². The summed E-state index contributed by atoms with van der Waals surface area (Å²) in [6.07, 6.45) is 3.11. The maximum Gasteiger partial charge on any atom is 0.346 e. The highest BCUT2D eigenvalue weighted by Gasteiger charge is 2.39. The third-order valence-corrected chi connectivity index (χ3v) is 4.93. The molecule has 0 bridgehead atoms. The van der Waals surface area contributed by atoms with Crippen molar-refractivity contribution in [3.8, 4) is 0 Å². The Morgan fingerprint density at radius 3 is 2.41 bits per heavy atom. The number of halogens is 1. The normalized spacial score (nSPS) is 17.3. The Labute approximate surface area is 161 Å². The average Bonchev–Trinajstić information content (AvgIpc) is 2.93. The minimum atomic E-state index is -0.559. The summed E-state index contributed by atoms with van der Waals surface area (Å²) in [5, 5.41) is 4.24. The lowest BCUT2D eigenvalue weighted by molar-refractivity contribution is -0.145. The number of nitrogens with zero attached hydrogens (tertiary/aromatic N) is 2. The lowest BCUT2D eigenvalue weighted by Crippen LogP contribution is -2.31. The third kappa shape index (κ3) is 3.73. The molecule has 1 aromatic carbocycles. The second-order valence-corrected chi connectivity index (χ2v) is 6.71. The number of benzene rings is 1. The molecule has 2 amide bonds. The molecule has 142 valence electrons. The number of imide groups is 1. The molecule has 0 spiro atoms. The molecule has 8 heteroatoms. The number of methoxy groups -OCH3 is 1. The van der Waals surface area contributed by atoms with E-state index in [2.05, 4.69) is 9.89 Å². The van der Waals surface area contributed by atoms with E-state index < -0.39 is 5.97 Å². The third-order valence-electron chi connectivity index (χ3n) is 4.60. The number of anilines is 1. The summed E-state index contributed by atoms with van der Waals surface area (Å²) in [5.74, 6) is -1.09. The molecular weight excluding hydrogens is 372 g/mol. The Balaban J connectivity index is 1.86. The molecule has 0 saturated heterocycles. The first-order valence-corrected chi connectivity index (χ1v) is 8.96. The second kappa shape index (κ2) is 7.92. The highest BCUT2D eigenvalue weighted by Crippen LogP contribution is 2.36. The topological polar surface area (TPSA) is 85.3 Å². The average molecular weight is 391 g/mol. The molecule has 2 aliphatic rings. The van der Waals surface area contributed by atoms with E-state index in [4.69, 9.17) is 16.4 Å². The first-order chi connectivity index (χ1) is 12.9. The van der Waals surface area contributed by atoms with Crippen molar-refractivity contribution < 1.29 is 24.0 Å². The first-order valence-electron chi connectivity index (χ1n) is 8.58. The molecule has 0 radical (unpaired) electrons. The van der Waals surface area contributed by atoms with Crippen LogP contribution in [-0.4, -0.2) is 37.2 Å². The lowest BCUT2D eigenvalue weighted by atomic mass is 9.93. The van der Waals surface area contributed by atoms with Gasteiger partial charge in [-0.25, -0.2) is 9.69 Å². The fraction of sp³-hybridized carbons (Fsp3) is 0.368. The van der Waals surface area contributed by atoms with Crippen LogP contribution < -0.4 is 4.90 Å². The molecule has 0 unspecified atom stereocenters. The van der Waals surface area contributed by atoms with Crippen LogP contribution in [0.15, 0.2) is 34.5 Å². The molecule has 0 saturated carbocycles. The molecule has 7 nitrogen and oxygen atoms in total. The summed E-state index contributed by atoms with van der Waals surface area (Å²) in [4.78, 5) is 42.6. The van der Waals surface area contributed by atoms with Crippen molar-refractivity contribution in [2.45, 2.75) is 32.6 Å². The number of esters is 1. The van der Waals surface area contributed by atoms with Gasteiger partial charge in [-0.05, 0) is 50.8 Å². The van der Waals surface area contributed by atoms with E-state index in [1.807, 2.05) is 0 Å². The molecule has 0 aromatic heterocycles. The Hall–Kier alpha value is -2.67. The van der Waals surface area contributed by atoms with E-state index >= 15 is 0 Å². The molecule has 1 heterocycles. The number of hydrogen-bond donors (Lipinski definition) is 0. The van der Waals surface area contributed by atoms with Gasteiger partial charge in [0.1, 0.15) is 0 Å². The van der Waals surface area contributed by atoms with Crippen molar-refractivity contribution in [2.75, 3.05) is 18.6 Å². The molecule has 0 N–H and O–H groups in total. The number of rotatable bonds is 5. The second-order valence-electron chi connectivity index (χ2n) is 6.30. The number of amides is 2. The molecule has 1 aliphatic heterocycles. The van der Waals surface area contributed by atoms with Crippen LogP contribution in [0.2, 0.25) is 5.02 Å². The summed E-state index contributed by atoms with van der Waals surface area (Å²) >= 11 is 6.23. The fourth-order valence-corrected chi connectivity index (χ4v) is 3.45.